The number of hydrogen-bond acceptors (Lipinski definition) is 5. The van der Waals surface area contributed by atoms with E-state index < -0.39 is 16.0 Å². The minimum atomic E-state index is -3.55. The minimum absolute atomic E-state index is 0.363. The van der Waals surface area contributed by atoms with Gasteiger partial charge in [0.05, 0.1) is 37.2 Å². The van der Waals surface area contributed by atoms with Crippen LogP contribution in [0, 0.1) is 0 Å². The van der Waals surface area contributed by atoms with E-state index in [1.165, 1.54) is 11.1 Å². The molecule has 0 radical (unpaired) electrons. The smallest absolute Gasteiger partial charge is 0.337 e. The number of ether oxygens (including phenoxy) is 2. The molecule has 0 saturated carbocycles. The van der Waals surface area contributed by atoms with Crippen LogP contribution < -0.4 is 4.74 Å². The first-order valence-corrected chi connectivity index (χ1v) is 9.29. The summed E-state index contributed by atoms with van der Waals surface area (Å²) in [5, 5.41) is 0.638. The van der Waals surface area contributed by atoms with Gasteiger partial charge in [0, 0.05) is 5.39 Å². The number of esters is 1. The Kier molecular flexibility index (Phi) is 4.26. The van der Waals surface area contributed by atoms with Crippen molar-refractivity contribution in [1.82, 2.24) is 3.97 Å². The Balaban J connectivity index is 2.27. The van der Waals surface area contributed by atoms with E-state index in [0.717, 1.165) is 11.8 Å². The molecule has 0 aliphatic carbocycles. The highest BCUT2D eigenvalue weighted by Crippen LogP contribution is 2.31. The van der Waals surface area contributed by atoms with Crippen LogP contribution in [-0.4, -0.2) is 38.8 Å². The molecule has 0 N–H and O–H groups in total. The van der Waals surface area contributed by atoms with Gasteiger partial charge in [-0.05, 0) is 54.1 Å². The summed E-state index contributed by atoms with van der Waals surface area (Å²) >= 11 is 0. The third-order valence-corrected chi connectivity index (χ3v) is 4.95. The molecule has 3 rings (SSSR count). The van der Waals surface area contributed by atoms with Gasteiger partial charge >= 0.3 is 5.97 Å². The summed E-state index contributed by atoms with van der Waals surface area (Å²) in [7, 11) is -0.681. The predicted octanol–water partition coefficient (Wildman–Crippen LogP) is 2.91. The number of methoxy groups -OCH3 is 2. The fraction of sp³-hybridized carbons (Fsp3) is 0.167. The topological polar surface area (TPSA) is 74.6 Å². The summed E-state index contributed by atoms with van der Waals surface area (Å²) in [4.78, 5) is 11.7. The van der Waals surface area contributed by atoms with Crippen LogP contribution in [0.4, 0.5) is 0 Å². The van der Waals surface area contributed by atoms with Gasteiger partial charge in [-0.25, -0.2) is 17.2 Å². The molecule has 0 spiro atoms. The van der Waals surface area contributed by atoms with Gasteiger partial charge in [0.1, 0.15) is 5.75 Å². The second-order valence-electron chi connectivity index (χ2n) is 5.55. The van der Waals surface area contributed by atoms with E-state index in [4.69, 9.17) is 9.47 Å². The molecule has 3 aromatic rings. The maximum atomic E-state index is 12.3. The van der Waals surface area contributed by atoms with Crippen LogP contribution in [-0.2, 0) is 14.8 Å². The van der Waals surface area contributed by atoms with Gasteiger partial charge in [0.15, 0.2) is 0 Å². The average molecular weight is 359 g/mol. The van der Waals surface area contributed by atoms with Crippen molar-refractivity contribution in [2.75, 3.05) is 20.5 Å². The summed E-state index contributed by atoms with van der Waals surface area (Å²) in [6, 6.07) is 13.6. The number of rotatable bonds is 4. The molecule has 0 fully saturated rings. The van der Waals surface area contributed by atoms with E-state index in [2.05, 4.69) is 0 Å². The van der Waals surface area contributed by atoms with Gasteiger partial charge in [-0.15, -0.1) is 0 Å². The Morgan fingerprint density at radius 1 is 1.00 bits per heavy atom. The standard InChI is InChI=1S/C18H17NO5S/c1-23-15-7-4-12(5-8-15)17-11-14-10-13(18(20)24-2)6-9-16(14)19(17)25(3,21)22/h4-11H,1-3H3. The van der Waals surface area contributed by atoms with E-state index in [1.807, 2.05) is 0 Å². The Bertz CT molecular complexity index is 1050. The highest BCUT2D eigenvalue weighted by Gasteiger charge is 2.19. The molecular weight excluding hydrogens is 342 g/mol. The van der Waals surface area contributed by atoms with Crippen molar-refractivity contribution in [1.29, 1.82) is 0 Å². The molecule has 25 heavy (non-hydrogen) atoms. The van der Waals surface area contributed by atoms with Gasteiger partial charge < -0.3 is 9.47 Å². The first-order chi connectivity index (χ1) is 11.8. The van der Waals surface area contributed by atoms with Gasteiger partial charge in [-0.1, -0.05) is 0 Å². The van der Waals surface area contributed by atoms with Gasteiger partial charge in [-0.3, -0.25) is 0 Å². The maximum absolute atomic E-state index is 12.3. The Labute approximate surface area is 145 Å². The molecule has 130 valence electrons. The second-order valence-corrected chi connectivity index (χ2v) is 7.38. The van der Waals surface area contributed by atoms with Crippen molar-refractivity contribution in [3.8, 4) is 17.0 Å². The maximum Gasteiger partial charge on any atom is 0.337 e. The highest BCUT2D eigenvalue weighted by molar-refractivity contribution is 7.89. The SMILES string of the molecule is COC(=O)c1ccc2c(c1)cc(-c1ccc(OC)cc1)n2S(C)(=O)=O. The van der Waals surface area contributed by atoms with Gasteiger partial charge in [0.2, 0.25) is 10.0 Å². The lowest BCUT2D eigenvalue weighted by Gasteiger charge is -2.09. The lowest BCUT2D eigenvalue weighted by atomic mass is 10.1. The van der Waals surface area contributed by atoms with Crippen LogP contribution in [0.15, 0.2) is 48.5 Å². The zero-order valence-corrected chi connectivity index (χ0v) is 14.8. The minimum Gasteiger partial charge on any atom is -0.497 e. The first-order valence-electron chi connectivity index (χ1n) is 7.44. The molecule has 1 heterocycles. The highest BCUT2D eigenvalue weighted by atomic mass is 32.2. The largest absolute Gasteiger partial charge is 0.497 e. The van der Waals surface area contributed by atoms with Crippen molar-refractivity contribution in [2.45, 2.75) is 0 Å². The summed E-state index contributed by atoms with van der Waals surface area (Å²) in [5.41, 5.74) is 2.10. The van der Waals surface area contributed by atoms with E-state index >= 15 is 0 Å². The van der Waals surface area contributed by atoms with Crippen LogP contribution in [0.1, 0.15) is 10.4 Å². The average Bonchev–Trinajstić information content (AvgIpc) is 2.99. The molecule has 0 saturated heterocycles. The Morgan fingerprint density at radius 3 is 2.24 bits per heavy atom. The zero-order valence-electron chi connectivity index (χ0n) is 14.0. The quantitative estimate of drug-likeness (QED) is 0.670. The van der Waals surface area contributed by atoms with E-state index in [-0.39, 0.29) is 0 Å². The molecule has 2 aromatic carbocycles. The van der Waals surface area contributed by atoms with Crippen molar-refractivity contribution >= 4 is 26.9 Å². The normalized spacial score (nSPS) is 11.5. The zero-order chi connectivity index (χ0) is 18.2. The van der Waals surface area contributed by atoms with E-state index in [9.17, 15) is 13.2 Å². The molecule has 0 aliphatic rings. The molecule has 1 aromatic heterocycles. The third kappa shape index (κ3) is 3.10. The first kappa shape index (κ1) is 17.0. The van der Waals surface area contributed by atoms with E-state index in [1.54, 1.807) is 55.6 Å². The molecule has 0 bridgehead atoms. The monoisotopic (exact) mass is 359 g/mol. The fourth-order valence-electron chi connectivity index (χ4n) is 2.76. The number of fused-ring (bicyclic) bond motifs is 1. The summed E-state index contributed by atoms with van der Waals surface area (Å²) in [6.07, 6.45) is 1.15. The second kappa shape index (κ2) is 6.25. The molecule has 0 unspecified atom stereocenters. The summed E-state index contributed by atoms with van der Waals surface area (Å²) in [5.74, 6) is 0.207. The summed E-state index contributed by atoms with van der Waals surface area (Å²) in [6.45, 7) is 0. The lowest BCUT2D eigenvalue weighted by Crippen LogP contribution is -2.11. The third-order valence-electron chi connectivity index (χ3n) is 3.90. The van der Waals surface area contributed by atoms with Crippen molar-refractivity contribution in [3.63, 3.8) is 0 Å². The number of benzene rings is 2. The summed E-state index contributed by atoms with van der Waals surface area (Å²) < 4.78 is 35.8. The Hall–Kier alpha value is -2.80. The van der Waals surface area contributed by atoms with Crippen molar-refractivity contribution in [2.24, 2.45) is 0 Å². The number of carbonyl (C=O) groups excluding carboxylic acids is 1. The molecule has 0 aliphatic heterocycles. The van der Waals surface area contributed by atoms with Crippen molar-refractivity contribution in [3.05, 3.63) is 54.1 Å². The lowest BCUT2D eigenvalue weighted by molar-refractivity contribution is 0.0601. The molecular formula is C18H17NO5S. The Morgan fingerprint density at radius 2 is 1.68 bits per heavy atom. The molecule has 7 heteroatoms. The fourth-order valence-corrected chi connectivity index (χ4v) is 3.79. The number of hydrogen-bond donors (Lipinski definition) is 0. The number of nitrogens with zero attached hydrogens (tertiary/aromatic N) is 1. The predicted molar refractivity (Wildman–Crippen MR) is 95.5 cm³/mol. The van der Waals surface area contributed by atoms with Crippen LogP contribution in [0.5, 0.6) is 5.75 Å². The van der Waals surface area contributed by atoms with Crippen LogP contribution in [0.3, 0.4) is 0 Å². The van der Waals surface area contributed by atoms with Gasteiger partial charge in [-0.2, -0.15) is 0 Å². The van der Waals surface area contributed by atoms with Crippen molar-refractivity contribution < 1.29 is 22.7 Å². The van der Waals surface area contributed by atoms with Crippen LogP contribution in [0.25, 0.3) is 22.2 Å². The van der Waals surface area contributed by atoms with Crippen LogP contribution >= 0.6 is 0 Å². The van der Waals surface area contributed by atoms with Gasteiger partial charge in [0.25, 0.3) is 0 Å². The number of carbonyl (C=O) groups is 1. The molecule has 6 nitrogen and oxygen atoms in total. The number of aromatic nitrogens is 1. The van der Waals surface area contributed by atoms with Crippen LogP contribution in [0.2, 0.25) is 0 Å². The van der Waals surface area contributed by atoms with E-state index in [0.29, 0.717) is 27.9 Å². The molecule has 0 atom stereocenters. The molecule has 0 amide bonds.